The predicted molar refractivity (Wildman–Crippen MR) is 94.1 cm³/mol. The summed E-state index contributed by atoms with van der Waals surface area (Å²) in [6.07, 6.45) is -6.71. The zero-order chi connectivity index (χ0) is 21.7. The highest BCUT2D eigenvalue weighted by molar-refractivity contribution is 6.09. The Balaban J connectivity index is 2.30. The number of benzene rings is 2. The van der Waals surface area contributed by atoms with Crippen molar-refractivity contribution < 1.29 is 40.6 Å². The number of alkyl halides is 6. The molecule has 9 heteroatoms. The van der Waals surface area contributed by atoms with Gasteiger partial charge in [-0.2, -0.15) is 26.3 Å². The fraction of sp³-hybridized carbons (Fsp3) is 0.250. The van der Waals surface area contributed by atoms with Crippen LogP contribution in [-0.4, -0.2) is 31.3 Å². The van der Waals surface area contributed by atoms with Crippen molar-refractivity contribution in [1.82, 2.24) is 0 Å². The first-order valence-corrected chi connectivity index (χ1v) is 8.26. The Morgan fingerprint density at radius 3 is 2.17 bits per heavy atom. The first-order chi connectivity index (χ1) is 13.4. The van der Waals surface area contributed by atoms with Crippen molar-refractivity contribution in [2.24, 2.45) is 0 Å². The third kappa shape index (κ3) is 7.52. The lowest BCUT2D eigenvalue weighted by Gasteiger charge is -2.14. The van der Waals surface area contributed by atoms with Crippen molar-refractivity contribution >= 4 is 11.9 Å². The van der Waals surface area contributed by atoms with E-state index in [1.54, 1.807) is 31.2 Å². The van der Waals surface area contributed by atoms with E-state index < -0.39 is 37.1 Å². The molecule has 2 aromatic rings. The summed E-state index contributed by atoms with van der Waals surface area (Å²) < 4.78 is 83.5. The van der Waals surface area contributed by atoms with Crippen molar-refractivity contribution in [1.29, 1.82) is 0 Å². The van der Waals surface area contributed by atoms with Gasteiger partial charge in [0.05, 0.1) is 5.56 Å². The van der Waals surface area contributed by atoms with Crippen LogP contribution in [0.3, 0.4) is 0 Å². The third-order valence-electron chi connectivity index (χ3n) is 3.61. The Kier molecular flexibility index (Phi) is 6.94. The number of carbonyl (C=O) groups is 1. The van der Waals surface area contributed by atoms with Crippen LogP contribution in [-0.2, 0) is 0 Å². The summed E-state index contributed by atoms with van der Waals surface area (Å²) >= 11 is 0. The zero-order valence-electron chi connectivity index (χ0n) is 15.1. The van der Waals surface area contributed by atoms with Crippen LogP contribution >= 0.6 is 0 Å². The number of rotatable bonds is 7. The Bertz CT molecular complexity index is 885. The highest BCUT2D eigenvalue weighted by Gasteiger charge is 2.30. The fourth-order valence-electron chi connectivity index (χ4n) is 2.27. The summed E-state index contributed by atoms with van der Waals surface area (Å²) in [7, 11) is 0. The first kappa shape index (κ1) is 22.3. The van der Waals surface area contributed by atoms with Crippen LogP contribution in [0.1, 0.15) is 21.5 Å². The zero-order valence-corrected chi connectivity index (χ0v) is 15.1. The summed E-state index contributed by atoms with van der Waals surface area (Å²) in [4.78, 5) is 12.5. The van der Waals surface area contributed by atoms with Crippen molar-refractivity contribution in [2.45, 2.75) is 19.3 Å². The molecule has 0 spiro atoms. The Hall–Kier alpha value is -2.97. The summed E-state index contributed by atoms with van der Waals surface area (Å²) in [5, 5.41) is 0. The molecule has 0 heterocycles. The normalized spacial score (nSPS) is 12.2. The van der Waals surface area contributed by atoms with Crippen molar-refractivity contribution in [2.75, 3.05) is 13.2 Å². The van der Waals surface area contributed by atoms with Gasteiger partial charge in [0.25, 0.3) is 0 Å². The molecule has 2 aromatic carbocycles. The molecule has 0 N–H and O–H groups in total. The lowest BCUT2D eigenvalue weighted by atomic mass is 10.1. The molecule has 2 rings (SSSR count). The SMILES string of the molecule is Cc1ccccc1C=CC(=O)c1cc(OCC(F)(F)F)ccc1OCC(F)(F)F. The minimum absolute atomic E-state index is 0.325. The van der Waals surface area contributed by atoms with E-state index in [0.29, 0.717) is 5.56 Å². The molecule has 0 amide bonds. The quantitative estimate of drug-likeness (QED) is 0.325. The standard InChI is InChI=1S/C20H16F6O3/c1-13-4-2-3-5-14(13)6-8-17(27)16-10-15(28-11-19(21,22)23)7-9-18(16)29-12-20(24,25)26/h2-10H,11-12H2,1H3. The smallest absolute Gasteiger partial charge is 0.422 e. The molecule has 0 bridgehead atoms. The average molecular weight is 418 g/mol. The van der Waals surface area contributed by atoms with E-state index in [4.69, 9.17) is 0 Å². The molecule has 0 atom stereocenters. The fourth-order valence-corrected chi connectivity index (χ4v) is 2.27. The lowest BCUT2D eigenvalue weighted by molar-refractivity contribution is -0.154. The highest BCUT2D eigenvalue weighted by Crippen LogP contribution is 2.28. The van der Waals surface area contributed by atoms with Crippen LogP contribution in [0.5, 0.6) is 11.5 Å². The molecular weight excluding hydrogens is 402 g/mol. The van der Waals surface area contributed by atoms with Crippen LogP contribution in [0.2, 0.25) is 0 Å². The molecule has 29 heavy (non-hydrogen) atoms. The van der Waals surface area contributed by atoms with Gasteiger partial charge in [-0.1, -0.05) is 30.3 Å². The molecule has 0 aliphatic rings. The van der Waals surface area contributed by atoms with E-state index in [1.165, 1.54) is 6.08 Å². The van der Waals surface area contributed by atoms with Crippen LogP contribution in [0.4, 0.5) is 26.3 Å². The van der Waals surface area contributed by atoms with Gasteiger partial charge in [0.15, 0.2) is 19.0 Å². The predicted octanol–water partition coefficient (Wildman–Crippen LogP) is 5.77. The van der Waals surface area contributed by atoms with Crippen molar-refractivity contribution in [3.8, 4) is 11.5 Å². The molecule has 0 aliphatic carbocycles. The molecule has 0 unspecified atom stereocenters. The molecule has 0 aromatic heterocycles. The van der Waals surface area contributed by atoms with E-state index in [1.807, 2.05) is 0 Å². The van der Waals surface area contributed by atoms with E-state index in [0.717, 1.165) is 29.8 Å². The Morgan fingerprint density at radius 1 is 0.931 bits per heavy atom. The third-order valence-corrected chi connectivity index (χ3v) is 3.61. The Morgan fingerprint density at radius 2 is 1.55 bits per heavy atom. The van der Waals surface area contributed by atoms with Gasteiger partial charge in [0, 0.05) is 0 Å². The monoisotopic (exact) mass is 418 g/mol. The van der Waals surface area contributed by atoms with Crippen molar-refractivity contribution in [3.05, 3.63) is 65.2 Å². The molecule has 0 fully saturated rings. The summed E-state index contributed by atoms with van der Waals surface area (Å²) in [5.74, 6) is -1.49. The average Bonchev–Trinajstić information content (AvgIpc) is 2.63. The first-order valence-electron chi connectivity index (χ1n) is 8.26. The van der Waals surface area contributed by atoms with Crippen LogP contribution in [0.15, 0.2) is 48.5 Å². The summed E-state index contributed by atoms with van der Waals surface area (Å²) in [5.41, 5.74) is 1.20. The van der Waals surface area contributed by atoms with Crippen molar-refractivity contribution in [3.63, 3.8) is 0 Å². The highest BCUT2D eigenvalue weighted by atomic mass is 19.4. The van der Waals surface area contributed by atoms with Gasteiger partial charge in [-0.05, 0) is 42.3 Å². The topological polar surface area (TPSA) is 35.5 Å². The summed E-state index contributed by atoms with van der Waals surface area (Å²) in [6.45, 7) is -1.46. The van der Waals surface area contributed by atoms with E-state index in [-0.39, 0.29) is 11.3 Å². The maximum Gasteiger partial charge on any atom is 0.422 e. The summed E-state index contributed by atoms with van der Waals surface area (Å²) in [6, 6.07) is 9.93. The second-order valence-corrected chi connectivity index (χ2v) is 6.02. The van der Waals surface area contributed by atoms with Crippen LogP contribution in [0, 0.1) is 6.92 Å². The van der Waals surface area contributed by atoms with E-state index >= 15 is 0 Å². The van der Waals surface area contributed by atoms with Gasteiger partial charge < -0.3 is 9.47 Å². The number of allylic oxidation sites excluding steroid dienone is 1. The van der Waals surface area contributed by atoms with Gasteiger partial charge in [-0.25, -0.2) is 0 Å². The van der Waals surface area contributed by atoms with Crippen LogP contribution < -0.4 is 9.47 Å². The number of ketones is 1. The van der Waals surface area contributed by atoms with E-state index in [2.05, 4.69) is 9.47 Å². The minimum Gasteiger partial charge on any atom is -0.484 e. The van der Waals surface area contributed by atoms with Gasteiger partial charge in [-0.3, -0.25) is 4.79 Å². The molecular formula is C20H16F6O3. The van der Waals surface area contributed by atoms with E-state index in [9.17, 15) is 31.1 Å². The largest absolute Gasteiger partial charge is 0.484 e. The number of hydrogen-bond donors (Lipinski definition) is 0. The van der Waals surface area contributed by atoms with Crippen LogP contribution in [0.25, 0.3) is 6.08 Å². The second-order valence-electron chi connectivity index (χ2n) is 6.02. The molecule has 0 saturated heterocycles. The van der Waals surface area contributed by atoms with Gasteiger partial charge in [0.2, 0.25) is 0 Å². The van der Waals surface area contributed by atoms with Gasteiger partial charge >= 0.3 is 12.4 Å². The number of ether oxygens (including phenoxy) is 2. The maximum atomic E-state index is 12.5. The Labute approximate surface area is 162 Å². The maximum absolute atomic E-state index is 12.5. The molecule has 0 saturated carbocycles. The number of hydrogen-bond acceptors (Lipinski definition) is 3. The van der Waals surface area contributed by atoms with Gasteiger partial charge in [-0.15, -0.1) is 0 Å². The number of halogens is 6. The second kappa shape index (κ2) is 9.02. The molecule has 0 aliphatic heterocycles. The molecule has 156 valence electrons. The number of aryl methyl sites for hydroxylation is 1. The number of carbonyl (C=O) groups excluding carboxylic acids is 1. The molecule has 0 radical (unpaired) electrons. The molecule has 3 nitrogen and oxygen atoms in total. The minimum atomic E-state index is -4.65. The van der Waals surface area contributed by atoms with Gasteiger partial charge in [0.1, 0.15) is 11.5 Å². The lowest BCUT2D eigenvalue weighted by Crippen LogP contribution is -2.21.